The van der Waals surface area contributed by atoms with Gasteiger partial charge in [-0.15, -0.1) is 5.10 Å². The van der Waals surface area contributed by atoms with Crippen molar-refractivity contribution in [3.8, 4) is 22.9 Å². The van der Waals surface area contributed by atoms with E-state index in [1.165, 1.54) is 0 Å². The molecule has 1 N–H and O–H groups in total. The van der Waals surface area contributed by atoms with E-state index in [-0.39, 0.29) is 5.78 Å². The molecule has 0 saturated heterocycles. The SMILES string of the molecule is COc1ccc(OC)c(C2C3=C(CCCC3=O)Nc3nc(-c4ccccc4)nn32)c1. The first-order chi connectivity index (χ1) is 14.7. The highest BCUT2D eigenvalue weighted by Gasteiger charge is 2.38. The van der Waals surface area contributed by atoms with E-state index < -0.39 is 6.04 Å². The van der Waals surface area contributed by atoms with Gasteiger partial charge in [0, 0.05) is 28.8 Å². The van der Waals surface area contributed by atoms with Gasteiger partial charge in [0.1, 0.15) is 17.5 Å². The van der Waals surface area contributed by atoms with Crippen LogP contribution in [0.4, 0.5) is 5.95 Å². The van der Waals surface area contributed by atoms with Crippen LogP contribution >= 0.6 is 0 Å². The number of carbonyl (C=O) groups excluding carboxylic acids is 1. The Morgan fingerprint density at radius 1 is 1.07 bits per heavy atom. The van der Waals surface area contributed by atoms with Gasteiger partial charge >= 0.3 is 0 Å². The number of carbonyl (C=O) groups is 1. The van der Waals surface area contributed by atoms with Gasteiger partial charge in [-0.1, -0.05) is 30.3 Å². The number of hydrogen-bond donors (Lipinski definition) is 1. The summed E-state index contributed by atoms with van der Waals surface area (Å²) in [5.74, 6) is 2.73. The molecule has 0 fully saturated rings. The number of nitrogens with one attached hydrogen (secondary N) is 1. The van der Waals surface area contributed by atoms with Crippen molar-refractivity contribution in [2.24, 2.45) is 0 Å². The van der Waals surface area contributed by atoms with Crippen molar-refractivity contribution in [2.75, 3.05) is 19.5 Å². The van der Waals surface area contributed by atoms with Gasteiger partial charge < -0.3 is 14.8 Å². The largest absolute Gasteiger partial charge is 0.497 e. The molecule has 1 unspecified atom stereocenters. The lowest BCUT2D eigenvalue weighted by Gasteiger charge is -2.32. The van der Waals surface area contributed by atoms with Crippen LogP contribution in [0.1, 0.15) is 30.9 Å². The molecular weight excluding hydrogens is 380 g/mol. The average Bonchev–Trinajstić information content (AvgIpc) is 3.22. The highest BCUT2D eigenvalue weighted by atomic mass is 16.5. The number of benzene rings is 2. The monoisotopic (exact) mass is 402 g/mol. The summed E-state index contributed by atoms with van der Waals surface area (Å²) in [5, 5.41) is 8.16. The summed E-state index contributed by atoms with van der Waals surface area (Å²) in [4.78, 5) is 17.8. The maximum Gasteiger partial charge on any atom is 0.226 e. The molecule has 3 aromatic rings. The Kier molecular flexibility index (Phi) is 4.50. The Balaban J connectivity index is 1.73. The Labute approximate surface area is 174 Å². The number of nitrogens with zero attached hydrogens (tertiary/aromatic N) is 3. The predicted molar refractivity (Wildman–Crippen MR) is 113 cm³/mol. The average molecular weight is 402 g/mol. The topological polar surface area (TPSA) is 78.3 Å². The van der Waals surface area contributed by atoms with Gasteiger partial charge in [0.25, 0.3) is 0 Å². The molecule has 5 rings (SSSR count). The minimum atomic E-state index is -0.431. The number of Topliss-reactive ketones (excluding diaryl/α,β-unsaturated/α-hetero) is 1. The molecule has 0 amide bonds. The fourth-order valence-electron chi connectivity index (χ4n) is 4.21. The van der Waals surface area contributed by atoms with E-state index in [1.54, 1.807) is 18.9 Å². The van der Waals surface area contributed by atoms with Gasteiger partial charge in [-0.2, -0.15) is 4.98 Å². The molecule has 7 nitrogen and oxygen atoms in total. The number of ether oxygens (including phenoxy) is 2. The lowest BCUT2D eigenvalue weighted by atomic mass is 9.85. The molecule has 1 aliphatic carbocycles. The van der Waals surface area contributed by atoms with Crippen molar-refractivity contribution < 1.29 is 14.3 Å². The van der Waals surface area contributed by atoms with Crippen LogP contribution in [0.2, 0.25) is 0 Å². The number of rotatable bonds is 4. The number of hydrogen-bond acceptors (Lipinski definition) is 6. The lowest BCUT2D eigenvalue weighted by molar-refractivity contribution is -0.116. The van der Waals surface area contributed by atoms with Crippen LogP contribution < -0.4 is 14.8 Å². The molecular formula is C23H22N4O3. The van der Waals surface area contributed by atoms with Crippen LogP contribution in [0.25, 0.3) is 11.4 Å². The van der Waals surface area contributed by atoms with Crippen molar-refractivity contribution in [3.05, 3.63) is 65.4 Å². The second kappa shape index (κ2) is 7.33. The fourth-order valence-corrected chi connectivity index (χ4v) is 4.21. The third kappa shape index (κ3) is 2.94. The highest BCUT2D eigenvalue weighted by Crippen LogP contribution is 2.44. The van der Waals surface area contributed by atoms with Gasteiger partial charge in [-0.25, -0.2) is 4.68 Å². The van der Waals surface area contributed by atoms with Crippen molar-refractivity contribution in [3.63, 3.8) is 0 Å². The minimum Gasteiger partial charge on any atom is -0.497 e. The van der Waals surface area contributed by atoms with Crippen LogP contribution in [0.15, 0.2) is 59.8 Å². The first kappa shape index (κ1) is 18.4. The summed E-state index contributed by atoms with van der Waals surface area (Å²) in [6, 6.07) is 15.0. The summed E-state index contributed by atoms with van der Waals surface area (Å²) in [5.41, 5.74) is 3.39. The molecule has 7 heteroatoms. The molecule has 30 heavy (non-hydrogen) atoms. The first-order valence-corrected chi connectivity index (χ1v) is 9.96. The highest BCUT2D eigenvalue weighted by molar-refractivity contribution is 5.99. The molecule has 0 radical (unpaired) electrons. The van der Waals surface area contributed by atoms with Crippen molar-refractivity contribution in [1.82, 2.24) is 14.8 Å². The lowest BCUT2D eigenvalue weighted by Crippen LogP contribution is -2.31. The summed E-state index contributed by atoms with van der Waals surface area (Å²) < 4.78 is 12.9. The number of aromatic nitrogens is 3. The van der Waals surface area contributed by atoms with Crippen molar-refractivity contribution in [1.29, 1.82) is 0 Å². The zero-order chi connectivity index (χ0) is 20.7. The van der Waals surface area contributed by atoms with E-state index in [1.807, 2.05) is 48.5 Å². The third-order valence-corrected chi connectivity index (χ3v) is 5.63. The van der Waals surface area contributed by atoms with Crippen molar-refractivity contribution >= 4 is 11.7 Å². The molecule has 2 aliphatic rings. The second-order valence-corrected chi connectivity index (χ2v) is 7.37. The first-order valence-electron chi connectivity index (χ1n) is 9.96. The van der Waals surface area contributed by atoms with Gasteiger partial charge in [0.2, 0.25) is 5.95 Å². The zero-order valence-electron chi connectivity index (χ0n) is 16.9. The normalized spacial score (nSPS) is 17.8. The van der Waals surface area contributed by atoms with E-state index in [9.17, 15) is 4.79 Å². The van der Waals surface area contributed by atoms with Crippen LogP contribution in [0.3, 0.4) is 0 Å². The molecule has 0 spiro atoms. The Hall–Kier alpha value is -3.61. The quantitative estimate of drug-likeness (QED) is 0.711. The van der Waals surface area contributed by atoms with E-state index in [0.717, 1.165) is 35.2 Å². The molecule has 1 atom stereocenters. The number of allylic oxidation sites excluding steroid dienone is 2. The summed E-state index contributed by atoms with van der Waals surface area (Å²) in [7, 11) is 3.25. The van der Waals surface area contributed by atoms with E-state index >= 15 is 0 Å². The second-order valence-electron chi connectivity index (χ2n) is 7.37. The number of fused-ring (bicyclic) bond motifs is 1. The molecule has 0 saturated carbocycles. The maximum atomic E-state index is 13.0. The van der Waals surface area contributed by atoms with E-state index in [2.05, 4.69) is 5.32 Å². The molecule has 1 aliphatic heterocycles. The molecule has 2 heterocycles. The van der Waals surface area contributed by atoms with Crippen LogP contribution in [0, 0.1) is 0 Å². The Morgan fingerprint density at radius 3 is 2.67 bits per heavy atom. The Morgan fingerprint density at radius 2 is 1.90 bits per heavy atom. The van der Waals surface area contributed by atoms with E-state index in [0.29, 0.717) is 29.7 Å². The predicted octanol–water partition coefficient (Wildman–Crippen LogP) is 3.98. The van der Waals surface area contributed by atoms with Gasteiger partial charge in [0.05, 0.1) is 14.2 Å². The molecule has 1 aromatic heterocycles. The van der Waals surface area contributed by atoms with Gasteiger partial charge in [0.15, 0.2) is 11.6 Å². The van der Waals surface area contributed by atoms with Crippen molar-refractivity contribution in [2.45, 2.75) is 25.3 Å². The van der Waals surface area contributed by atoms with Gasteiger partial charge in [-0.05, 0) is 31.0 Å². The minimum absolute atomic E-state index is 0.126. The summed E-state index contributed by atoms with van der Waals surface area (Å²) >= 11 is 0. The number of methoxy groups -OCH3 is 2. The number of anilines is 1. The molecule has 152 valence electrons. The van der Waals surface area contributed by atoms with Crippen LogP contribution in [-0.4, -0.2) is 34.8 Å². The standard InChI is InChI=1S/C23H22N4O3/c1-29-15-11-12-19(30-2)16(13-15)21-20-17(9-6-10-18(20)28)24-23-25-22(26-27(21)23)14-7-4-3-5-8-14/h3-5,7-8,11-13,21H,6,9-10H2,1-2H3,(H,24,25,26). The van der Waals surface area contributed by atoms with Gasteiger partial charge in [-0.3, -0.25) is 4.79 Å². The van der Waals surface area contributed by atoms with E-state index in [4.69, 9.17) is 19.6 Å². The molecule has 0 bridgehead atoms. The Bertz CT molecular complexity index is 1150. The maximum absolute atomic E-state index is 13.0. The smallest absolute Gasteiger partial charge is 0.226 e. The molecule has 2 aromatic carbocycles. The van der Waals surface area contributed by atoms with Crippen LogP contribution in [-0.2, 0) is 4.79 Å². The van der Waals surface area contributed by atoms with Crippen LogP contribution in [0.5, 0.6) is 11.5 Å². The third-order valence-electron chi connectivity index (χ3n) is 5.63. The summed E-state index contributed by atoms with van der Waals surface area (Å²) in [6.45, 7) is 0. The fraction of sp³-hybridized carbons (Fsp3) is 0.261. The number of ketones is 1. The summed E-state index contributed by atoms with van der Waals surface area (Å²) in [6.07, 6.45) is 2.16. The zero-order valence-corrected chi connectivity index (χ0v) is 16.9.